The molecule has 0 spiro atoms. The van der Waals surface area contributed by atoms with Gasteiger partial charge < -0.3 is 4.57 Å². The molecule has 0 bridgehead atoms. The second-order valence-corrected chi connectivity index (χ2v) is 3.16. The predicted octanol–water partition coefficient (Wildman–Crippen LogP) is 2.42. The molecule has 0 fully saturated rings. The summed E-state index contributed by atoms with van der Waals surface area (Å²) in [6, 6.07) is 7.46. The molecule has 0 saturated heterocycles. The summed E-state index contributed by atoms with van der Waals surface area (Å²) in [5.41, 5.74) is 1.05. The topological polar surface area (TPSA) is 17.8 Å². The molecule has 1 radical (unpaired) electrons. The van der Waals surface area contributed by atoms with Crippen LogP contribution in [0.25, 0.3) is 11.0 Å². The third-order valence-corrected chi connectivity index (χ3v) is 1.97. The van der Waals surface area contributed by atoms with Gasteiger partial charge in [0.05, 0.1) is 0 Å². The molecule has 2 heterocycles. The van der Waals surface area contributed by atoms with Crippen LogP contribution in [0.1, 0.15) is 19.9 Å². The SMILES string of the molecule is CC(C)n1ccc2c[c]cnc21. The Bertz CT molecular complexity index is 387. The lowest BCUT2D eigenvalue weighted by Crippen LogP contribution is -1.98. The summed E-state index contributed by atoms with van der Waals surface area (Å²) in [4.78, 5) is 4.27. The van der Waals surface area contributed by atoms with E-state index in [0.717, 1.165) is 11.0 Å². The highest BCUT2D eigenvalue weighted by atomic mass is 15.0. The van der Waals surface area contributed by atoms with Crippen LogP contribution in [0, 0.1) is 6.07 Å². The van der Waals surface area contributed by atoms with Crippen molar-refractivity contribution in [3.8, 4) is 0 Å². The van der Waals surface area contributed by atoms with Gasteiger partial charge in [0.1, 0.15) is 5.65 Å². The van der Waals surface area contributed by atoms with E-state index in [-0.39, 0.29) is 0 Å². The van der Waals surface area contributed by atoms with Gasteiger partial charge in [0.15, 0.2) is 0 Å². The van der Waals surface area contributed by atoms with Crippen LogP contribution in [0.15, 0.2) is 24.5 Å². The van der Waals surface area contributed by atoms with Crippen LogP contribution >= 0.6 is 0 Å². The molecular formula is C10H11N2. The minimum absolute atomic E-state index is 0.470. The molecule has 0 aliphatic heterocycles. The standard InChI is InChI=1S/C10H11N2/c1-8(2)12-7-5-9-4-3-6-11-10(9)12/h4-8H,1-2H3. The number of hydrogen-bond donors (Lipinski definition) is 0. The summed E-state index contributed by atoms with van der Waals surface area (Å²) < 4.78 is 2.16. The molecular weight excluding hydrogens is 148 g/mol. The highest BCUT2D eigenvalue weighted by Gasteiger charge is 2.02. The molecule has 2 aromatic heterocycles. The van der Waals surface area contributed by atoms with E-state index in [1.165, 1.54) is 0 Å². The zero-order chi connectivity index (χ0) is 8.55. The summed E-state index contributed by atoms with van der Waals surface area (Å²) in [7, 11) is 0. The first-order chi connectivity index (χ1) is 5.79. The molecule has 0 aliphatic rings. The van der Waals surface area contributed by atoms with Gasteiger partial charge in [0.2, 0.25) is 0 Å². The van der Waals surface area contributed by atoms with E-state index >= 15 is 0 Å². The van der Waals surface area contributed by atoms with E-state index < -0.39 is 0 Å². The van der Waals surface area contributed by atoms with Crippen molar-refractivity contribution in [2.45, 2.75) is 19.9 Å². The minimum atomic E-state index is 0.470. The predicted molar refractivity (Wildman–Crippen MR) is 49.0 cm³/mol. The van der Waals surface area contributed by atoms with Crippen molar-refractivity contribution in [2.75, 3.05) is 0 Å². The van der Waals surface area contributed by atoms with Crippen LogP contribution in [-0.4, -0.2) is 9.55 Å². The Balaban J connectivity index is 2.70. The second-order valence-electron chi connectivity index (χ2n) is 3.16. The maximum Gasteiger partial charge on any atom is 0.140 e. The fraction of sp³-hybridized carbons (Fsp3) is 0.300. The normalized spacial score (nSPS) is 11.2. The van der Waals surface area contributed by atoms with E-state index in [1.54, 1.807) is 6.20 Å². The van der Waals surface area contributed by atoms with Crippen molar-refractivity contribution >= 4 is 11.0 Å². The molecule has 2 rings (SSSR count). The van der Waals surface area contributed by atoms with Crippen molar-refractivity contribution in [1.29, 1.82) is 0 Å². The van der Waals surface area contributed by atoms with Crippen LogP contribution in [0.5, 0.6) is 0 Å². The van der Waals surface area contributed by atoms with Crippen LogP contribution in [0.4, 0.5) is 0 Å². The van der Waals surface area contributed by atoms with Gasteiger partial charge >= 0.3 is 0 Å². The van der Waals surface area contributed by atoms with Gasteiger partial charge in [0.25, 0.3) is 0 Å². The third-order valence-electron chi connectivity index (χ3n) is 1.97. The number of hydrogen-bond acceptors (Lipinski definition) is 1. The lowest BCUT2D eigenvalue weighted by atomic mass is 10.3. The summed E-state index contributed by atoms with van der Waals surface area (Å²) >= 11 is 0. The average Bonchev–Trinajstić information content (AvgIpc) is 2.47. The Kier molecular flexibility index (Phi) is 1.61. The first kappa shape index (κ1) is 7.35. The van der Waals surface area contributed by atoms with Crippen LogP contribution in [-0.2, 0) is 0 Å². The maximum atomic E-state index is 4.27. The van der Waals surface area contributed by atoms with Gasteiger partial charge in [-0.15, -0.1) is 0 Å². The molecule has 0 atom stereocenters. The van der Waals surface area contributed by atoms with Gasteiger partial charge in [-0.1, -0.05) is 0 Å². The highest BCUT2D eigenvalue weighted by molar-refractivity contribution is 5.75. The van der Waals surface area contributed by atoms with Gasteiger partial charge in [-0.3, -0.25) is 0 Å². The first-order valence-corrected chi connectivity index (χ1v) is 4.11. The third kappa shape index (κ3) is 0.998. The molecule has 0 N–H and O–H groups in total. The van der Waals surface area contributed by atoms with Crippen LogP contribution < -0.4 is 0 Å². The van der Waals surface area contributed by atoms with Crippen molar-refractivity contribution in [1.82, 2.24) is 9.55 Å². The number of rotatable bonds is 1. The summed E-state index contributed by atoms with van der Waals surface area (Å²) in [5.74, 6) is 0. The van der Waals surface area contributed by atoms with Crippen LogP contribution in [0.3, 0.4) is 0 Å². The van der Waals surface area contributed by atoms with Crippen molar-refractivity contribution in [3.05, 3.63) is 30.6 Å². The number of nitrogens with zero attached hydrogens (tertiary/aromatic N) is 2. The second kappa shape index (κ2) is 2.63. The fourth-order valence-electron chi connectivity index (χ4n) is 1.35. The van der Waals surface area contributed by atoms with Crippen molar-refractivity contribution < 1.29 is 0 Å². The van der Waals surface area contributed by atoms with Crippen molar-refractivity contribution in [3.63, 3.8) is 0 Å². The highest BCUT2D eigenvalue weighted by Crippen LogP contribution is 2.16. The Morgan fingerprint density at radius 3 is 3.08 bits per heavy atom. The monoisotopic (exact) mass is 159 g/mol. The number of fused-ring (bicyclic) bond motifs is 1. The molecule has 0 amide bonds. The molecule has 12 heavy (non-hydrogen) atoms. The molecule has 0 aliphatic carbocycles. The first-order valence-electron chi connectivity index (χ1n) is 4.11. The summed E-state index contributed by atoms with van der Waals surface area (Å²) in [6.45, 7) is 4.30. The Morgan fingerprint density at radius 2 is 2.33 bits per heavy atom. The smallest absolute Gasteiger partial charge is 0.140 e. The summed E-state index contributed by atoms with van der Waals surface area (Å²) in [5, 5.41) is 1.16. The van der Waals surface area contributed by atoms with Crippen LogP contribution in [0.2, 0.25) is 0 Å². The van der Waals surface area contributed by atoms with Gasteiger partial charge in [0, 0.05) is 29.9 Å². The van der Waals surface area contributed by atoms with Gasteiger partial charge in [-0.25, -0.2) is 4.98 Å². The zero-order valence-corrected chi connectivity index (χ0v) is 7.28. The number of aromatic nitrogens is 2. The minimum Gasteiger partial charge on any atom is -0.330 e. The quantitative estimate of drug-likeness (QED) is 0.624. The molecule has 2 nitrogen and oxygen atoms in total. The maximum absolute atomic E-state index is 4.27. The Morgan fingerprint density at radius 1 is 1.50 bits per heavy atom. The van der Waals surface area contributed by atoms with E-state index in [2.05, 4.69) is 41.7 Å². The van der Waals surface area contributed by atoms with Crippen molar-refractivity contribution in [2.24, 2.45) is 0 Å². The summed E-state index contributed by atoms with van der Waals surface area (Å²) in [6.07, 6.45) is 3.78. The molecule has 0 saturated carbocycles. The average molecular weight is 159 g/mol. The zero-order valence-electron chi connectivity index (χ0n) is 7.28. The van der Waals surface area contributed by atoms with E-state index in [9.17, 15) is 0 Å². The molecule has 0 aromatic carbocycles. The Labute approximate surface area is 71.8 Å². The van der Waals surface area contributed by atoms with Gasteiger partial charge in [-0.2, -0.15) is 0 Å². The van der Waals surface area contributed by atoms with E-state index in [4.69, 9.17) is 0 Å². The lowest BCUT2D eigenvalue weighted by Gasteiger charge is -2.07. The van der Waals surface area contributed by atoms with Gasteiger partial charge in [-0.05, 0) is 26.0 Å². The van der Waals surface area contributed by atoms with E-state index in [0.29, 0.717) is 6.04 Å². The molecule has 0 unspecified atom stereocenters. The fourth-order valence-corrected chi connectivity index (χ4v) is 1.35. The lowest BCUT2D eigenvalue weighted by molar-refractivity contribution is 0.618. The number of pyridine rings is 1. The largest absolute Gasteiger partial charge is 0.330 e. The molecule has 2 heteroatoms. The molecule has 2 aromatic rings. The molecule has 61 valence electrons. The van der Waals surface area contributed by atoms with E-state index in [1.807, 2.05) is 6.07 Å². The Hall–Kier alpha value is -1.31.